The monoisotopic (exact) mass is 356 g/mol. The predicted octanol–water partition coefficient (Wildman–Crippen LogP) is 3.33. The van der Waals surface area contributed by atoms with Gasteiger partial charge in [-0.25, -0.2) is 8.78 Å². The van der Waals surface area contributed by atoms with Crippen LogP contribution in [-0.2, 0) is 9.47 Å². The van der Waals surface area contributed by atoms with Crippen LogP contribution in [-0.4, -0.2) is 11.7 Å². The van der Waals surface area contributed by atoms with E-state index in [1.54, 1.807) is 19.1 Å². The number of nitrogens with one attached hydrogen (secondary N) is 1. The van der Waals surface area contributed by atoms with E-state index in [-0.39, 0.29) is 12.0 Å². The highest BCUT2D eigenvalue weighted by Crippen LogP contribution is 2.67. The molecule has 6 nitrogen and oxygen atoms in total. The summed E-state index contributed by atoms with van der Waals surface area (Å²) in [6, 6.07) is 8.05. The van der Waals surface area contributed by atoms with Crippen LogP contribution in [0.1, 0.15) is 31.9 Å². The summed E-state index contributed by atoms with van der Waals surface area (Å²) in [6.07, 6.45) is -1.33. The Hall–Kier alpha value is -3.02. The Morgan fingerprint density at radius 1 is 1.19 bits per heavy atom. The second-order valence-electron chi connectivity index (χ2n) is 6.52. The van der Waals surface area contributed by atoms with Crippen molar-refractivity contribution in [2.24, 2.45) is 16.7 Å². The van der Waals surface area contributed by atoms with Crippen LogP contribution < -0.4 is 0 Å². The standard InChI is InChI=1S/C18H14F2N4O2/c1-3-13-16(2)25-14(11-6-10(19)4-5-12(11)20)17(7-21,8-22)18(13,9-23)15(24)26-16/h4-6,13-14,24H,3H2,1-2H3. The second-order valence-corrected chi connectivity index (χ2v) is 6.52. The van der Waals surface area contributed by atoms with Crippen molar-refractivity contribution in [1.82, 2.24) is 0 Å². The fourth-order valence-corrected chi connectivity index (χ4v) is 4.22. The summed E-state index contributed by atoms with van der Waals surface area (Å²) in [5.74, 6) is -4.57. The minimum atomic E-state index is -2.29. The Morgan fingerprint density at radius 3 is 2.38 bits per heavy atom. The summed E-state index contributed by atoms with van der Waals surface area (Å²) in [5.41, 5.74) is -4.63. The van der Waals surface area contributed by atoms with Crippen LogP contribution in [0.25, 0.3) is 0 Å². The molecule has 0 radical (unpaired) electrons. The van der Waals surface area contributed by atoms with E-state index in [0.717, 1.165) is 18.2 Å². The van der Waals surface area contributed by atoms with Gasteiger partial charge in [0, 0.05) is 12.5 Å². The number of ether oxygens (including phenoxy) is 2. The maximum Gasteiger partial charge on any atom is 0.214 e. The third-order valence-electron chi connectivity index (χ3n) is 5.36. The van der Waals surface area contributed by atoms with Crippen LogP contribution in [0, 0.1) is 67.8 Å². The van der Waals surface area contributed by atoms with Gasteiger partial charge in [0.1, 0.15) is 17.7 Å². The first kappa shape index (κ1) is 17.8. The normalized spacial score (nSPS) is 34.3. The van der Waals surface area contributed by atoms with Crippen LogP contribution in [0.3, 0.4) is 0 Å². The summed E-state index contributed by atoms with van der Waals surface area (Å²) in [7, 11) is 0. The molecule has 26 heavy (non-hydrogen) atoms. The SMILES string of the molecule is CCC1C2(C)OC(=N)C1(C#N)C(C#N)(C#N)C(c1cc(F)ccc1F)O2. The van der Waals surface area contributed by atoms with Crippen molar-refractivity contribution >= 4 is 5.90 Å². The molecule has 0 aliphatic carbocycles. The molecule has 8 heteroatoms. The molecule has 1 aromatic carbocycles. The van der Waals surface area contributed by atoms with Crippen LogP contribution in [0.4, 0.5) is 8.78 Å². The summed E-state index contributed by atoms with van der Waals surface area (Å²) >= 11 is 0. The lowest BCUT2D eigenvalue weighted by molar-refractivity contribution is -0.273. The molecule has 0 aromatic heterocycles. The molecule has 2 heterocycles. The van der Waals surface area contributed by atoms with E-state index in [9.17, 15) is 24.6 Å². The number of rotatable bonds is 2. The van der Waals surface area contributed by atoms with Crippen molar-refractivity contribution in [3.8, 4) is 18.2 Å². The molecule has 3 rings (SSSR count). The van der Waals surface area contributed by atoms with Crippen LogP contribution in [0.15, 0.2) is 18.2 Å². The number of hydrogen-bond donors (Lipinski definition) is 1. The maximum atomic E-state index is 14.4. The van der Waals surface area contributed by atoms with Crippen molar-refractivity contribution in [3.63, 3.8) is 0 Å². The third kappa shape index (κ3) is 1.81. The fourth-order valence-electron chi connectivity index (χ4n) is 4.22. The fraction of sp³-hybridized carbons (Fsp3) is 0.444. The van der Waals surface area contributed by atoms with E-state index in [1.807, 2.05) is 6.07 Å². The third-order valence-corrected chi connectivity index (χ3v) is 5.36. The van der Waals surface area contributed by atoms with Crippen molar-refractivity contribution < 1.29 is 18.3 Å². The number of fused-ring (bicyclic) bond motifs is 2. The largest absolute Gasteiger partial charge is 0.448 e. The van der Waals surface area contributed by atoms with E-state index in [0.29, 0.717) is 0 Å². The van der Waals surface area contributed by atoms with Gasteiger partial charge in [0.2, 0.25) is 17.1 Å². The van der Waals surface area contributed by atoms with Crippen molar-refractivity contribution in [2.75, 3.05) is 0 Å². The Kier molecular flexibility index (Phi) is 3.76. The van der Waals surface area contributed by atoms with Gasteiger partial charge in [0.15, 0.2) is 5.41 Å². The van der Waals surface area contributed by atoms with E-state index in [1.165, 1.54) is 6.92 Å². The highest BCUT2D eigenvalue weighted by Gasteiger charge is 2.79. The van der Waals surface area contributed by atoms with Crippen molar-refractivity contribution in [1.29, 1.82) is 21.2 Å². The Balaban J connectivity index is 2.38. The molecule has 2 aliphatic heterocycles. The van der Waals surface area contributed by atoms with E-state index >= 15 is 0 Å². The lowest BCUT2D eigenvalue weighted by Gasteiger charge is -2.48. The number of halogens is 2. The van der Waals surface area contributed by atoms with Crippen LogP contribution in [0.2, 0.25) is 0 Å². The zero-order valence-electron chi connectivity index (χ0n) is 14.0. The molecule has 4 unspecified atom stereocenters. The first-order chi connectivity index (χ1) is 12.3. The van der Waals surface area contributed by atoms with Gasteiger partial charge < -0.3 is 9.47 Å². The number of benzene rings is 1. The highest BCUT2D eigenvalue weighted by molar-refractivity contribution is 5.89. The van der Waals surface area contributed by atoms with Gasteiger partial charge in [0.05, 0.1) is 24.1 Å². The quantitative estimate of drug-likeness (QED) is 0.873. The Bertz CT molecular complexity index is 915. The number of nitrogens with zero attached hydrogens (tertiary/aromatic N) is 3. The first-order valence-electron chi connectivity index (χ1n) is 7.90. The Labute approximate surface area is 148 Å². The smallest absolute Gasteiger partial charge is 0.214 e. The van der Waals surface area contributed by atoms with Gasteiger partial charge in [-0.1, -0.05) is 6.92 Å². The molecule has 2 aliphatic rings. The lowest BCUT2D eigenvalue weighted by atomic mass is 9.53. The van der Waals surface area contributed by atoms with Crippen LogP contribution >= 0.6 is 0 Å². The molecular weight excluding hydrogens is 342 g/mol. The minimum Gasteiger partial charge on any atom is -0.448 e. The second kappa shape index (κ2) is 5.49. The molecule has 132 valence electrons. The molecule has 0 amide bonds. The topological polar surface area (TPSA) is 114 Å². The molecular formula is C18H14F2N4O2. The van der Waals surface area contributed by atoms with Gasteiger partial charge in [-0.2, -0.15) is 15.8 Å². The van der Waals surface area contributed by atoms with E-state index in [4.69, 9.17) is 14.9 Å². The Morgan fingerprint density at radius 2 is 1.85 bits per heavy atom. The summed E-state index contributed by atoms with van der Waals surface area (Å²) in [4.78, 5) is 0. The predicted molar refractivity (Wildman–Crippen MR) is 82.9 cm³/mol. The van der Waals surface area contributed by atoms with Gasteiger partial charge in [-0.3, -0.25) is 5.41 Å². The van der Waals surface area contributed by atoms with E-state index < -0.39 is 46.2 Å². The molecule has 1 N–H and O–H groups in total. The number of nitriles is 3. The van der Waals surface area contributed by atoms with Gasteiger partial charge >= 0.3 is 0 Å². The zero-order valence-corrected chi connectivity index (χ0v) is 14.0. The summed E-state index contributed by atoms with van der Waals surface area (Å²) in [6.45, 7) is 3.18. The molecule has 2 saturated heterocycles. The molecule has 4 atom stereocenters. The molecule has 2 bridgehead atoms. The first-order valence-corrected chi connectivity index (χ1v) is 7.90. The van der Waals surface area contributed by atoms with Gasteiger partial charge in [-0.05, 0) is 24.6 Å². The summed E-state index contributed by atoms with van der Waals surface area (Å²) in [5, 5.41) is 37.9. The van der Waals surface area contributed by atoms with Crippen LogP contribution in [0.5, 0.6) is 0 Å². The van der Waals surface area contributed by atoms with E-state index in [2.05, 4.69) is 0 Å². The van der Waals surface area contributed by atoms with Crippen molar-refractivity contribution in [3.05, 3.63) is 35.4 Å². The number of hydrogen-bond acceptors (Lipinski definition) is 6. The molecule has 2 fully saturated rings. The van der Waals surface area contributed by atoms with Gasteiger partial charge in [-0.15, -0.1) is 0 Å². The molecule has 1 aromatic rings. The van der Waals surface area contributed by atoms with Gasteiger partial charge in [0.25, 0.3) is 0 Å². The summed E-state index contributed by atoms with van der Waals surface area (Å²) < 4.78 is 39.5. The maximum absolute atomic E-state index is 14.4. The molecule has 0 saturated carbocycles. The zero-order chi connectivity index (χ0) is 19.3. The average molecular weight is 356 g/mol. The average Bonchev–Trinajstić information content (AvgIpc) is 2.79. The molecule has 0 spiro atoms. The minimum absolute atomic E-state index is 0.274. The van der Waals surface area contributed by atoms with Crippen molar-refractivity contribution in [2.45, 2.75) is 32.2 Å². The lowest BCUT2D eigenvalue weighted by Crippen LogP contribution is -2.58. The highest BCUT2D eigenvalue weighted by atomic mass is 19.1.